The van der Waals surface area contributed by atoms with Crippen LogP contribution in [0.4, 0.5) is 5.69 Å². The molecule has 3 aromatic rings. The van der Waals surface area contributed by atoms with Crippen LogP contribution >= 0.6 is 0 Å². The molecule has 2 aliphatic rings. The number of nitrogens with zero attached hydrogens (tertiary/aromatic N) is 3. The Hall–Kier alpha value is -3.41. The summed E-state index contributed by atoms with van der Waals surface area (Å²) in [7, 11) is 0. The van der Waals surface area contributed by atoms with Crippen molar-refractivity contribution >= 4 is 17.5 Å². The molecule has 158 valence electrons. The third-order valence-electron chi connectivity index (χ3n) is 6.26. The molecule has 2 aromatic carbocycles. The van der Waals surface area contributed by atoms with Crippen molar-refractivity contribution in [3.05, 3.63) is 76.6 Å². The maximum atomic E-state index is 13.0. The van der Waals surface area contributed by atoms with Crippen molar-refractivity contribution in [1.29, 1.82) is 0 Å². The number of anilines is 1. The fourth-order valence-corrected chi connectivity index (χ4v) is 4.60. The van der Waals surface area contributed by atoms with E-state index in [0.29, 0.717) is 18.7 Å². The van der Waals surface area contributed by atoms with Gasteiger partial charge in [-0.2, -0.15) is 5.10 Å². The number of fused-ring (bicyclic) bond motifs is 1. The average Bonchev–Trinajstić information content (AvgIpc) is 3.50. The van der Waals surface area contributed by atoms with Crippen LogP contribution in [0.2, 0.25) is 0 Å². The van der Waals surface area contributed by atoms with Crippen molar-refractivity contribution in [2.75, 3.05) is 11.4 Å². The number of para-hydroxylation sites is 1. The summed E-state index contributed by atoms with van der Waals surface area (Å²) in [5.74, 6) is 0.0448. The van der Waals surface area contributed by atoms with Crippen molar-refractivity contribution < 1.29 is 9.59 Å². The van der Waals surface area contributed by atoms with E-state index in [2.05, 4.69) is 24.4 Å². The van der Waals surface area contributed by atoms with Gasteiger partial charge in [-0.1, -0.05) is 30.3 Å². The minimum Gasteiger partial charge on any atom is -0.347 e. The van der Waals surface area contributed by atoms with Crippen LogP contribution < -0.4 is 10.2 Å². The maximum Gasteiger partial charge on any atom is 0.272 e. The lowest BCUT2D eigenvalue weighted by Gasteiger charge is -2.16. The number of hydrogen-bond acceptors (Lipinski definition) is 3. The first-order chi connectivity index (χ1) is 15.1. The molecule has 0 spiro atoms. The van der Waals surface area contributed by atoms with Crippen LogP contribution in [0.25, 0.3) is 5.69 Å². The number of aryl methyl sites for hydroxylation is 1. The molecule has 1 aliphatic heterocycles. The first-order valence-electron chi connectivity index (χ1n) is 11.0. The number of benzene rings is 2. The standard InChI is InChI=1S/C25H26N4O2/c1-17-6-2-3-8-21(17)29-22-9-4-7-20(22)24(27-29)25(31)26-16-18-11-13-19(14-12-18)28-15-5-10-23(28)30/h2-3,6,8,11-14H,4-5,7,9-10,15-16H2,1H3,(H,26,31). The van der Waals surface area contributed by atoms with Gasteiger partial charge in [-0.25, -0.2) is 4.68 Å². The third kappa shape index (κ3) is 3.63. The molecule has 0 bridgehead atoms. The Bertz CT molecular complexity index is 1150. The van der Waals surface area contributed by atoms with Gasteiger partial charge in [0.2, 0.25) is 5.91 Å². The van der Waals surface area contributed by atoms with Crippen molar-refractivity contribution in [2.45, 2.75) is 45.6 Å². The quantitative estimate of drug-likeness (QED) is 0.692. The molecule has 2 amide bonds. The van der Waals surface area contributed by atoms with E-state index in [-0.39, 0.29) is 11.8 Å². The molecule has 5 rings (SSSR count). The molecule has 6 heteroatoms. The summed E-state index contributed by atoms with van der Waals surface area (Å²) < 4.78 is 1.95. The Morgan fingerprint density at radius 2 is 1.84 bits per heavy atom. The first kappa shape index (κ1) is 19.5. The fraction of sp³-hybridized carbons (Fsp3) is 0.320. The van der Waals surface area contributed by atoms with Crippen molar-refractivity contribution in [2.24, 2.45) is 0 Å². The van der Waals surface area contributed by atoms with Crippen LogP contribution in [0.15, 0.2) is 48.5 Å². The largest absolute Gasteiger partial charge is 0.347 e. The van der Waals surface area contributed by atoms with Crippen LogP contribution in [-0.2, 0) is 24.2 Å². The Balaban J connectivity index is 1.32. The summed E-state index contributed by atoms with van der Waals surface area (Å²) in [6, 6.07) is 16.0. The average molecular weight is 415 g/mol. The van der Waals surface area contributed by atoms with Crippen molar-refractivity contribution in [3.8, 4) is 5.69 Å². The van der Waals surface area contributed by atoms with E-state index in [9.17, 15) is 9.59 Å². The number of amides is 2. The number of aromatic nitrogens is 2. The lowest BCUT2D eigenvalue weighted by atomic mass is 10.1. The molecular weight excluding hydrogens is 388 g/mol. The summed E-state index contributed by atoms with van der Waals surface area (Å²) in [5, 5.41) is 7.74. The van der Waals surface area contributed by atoms with Crippen LogP contribution in [-0.4, -0.2) is 28.1 Å². The van der Waals surface area contributed by atoms with E-state index < -0.39 is 0 Å². The zero-order valence-corrected chi connectivity index (χ0v) is 17.7. The van der Waals surface area contributed by atoms with Crippen LogP contribution in [0, 0.1) is 6.92 Å². The van der Waals surface area contributed by atoms with Gasteiger partial charge in [0.25, 0.3) is 5.91 Å². The van der Waals surface area contributed by atoms with E-state index >= 15 is 0 Å². The van der Waals surface area contributed by atoms with Gasteiger partial charge in [-0.15, -0.1) is 0 Å². The second-order valence-corrected chi connectivity index (χ2v) is 8.32. The molecule has 0 radical (unpaired) electrons. The van der Waals surface area contributed by atoms with E-state index in [0.717, 1.165) is 66.0 Å². The van der Waals surface area contributed by atoms with Gasteiger partial charge in [0.05, 0.1) is 5.69 Å². The number of nitrogens with one attached hydrogen (secondary N) is 1. The number of rotatable bonds is 5. The monoisotopic (exact) mass is 414 g/mol. The van der Waals surface area contributed by atoms with Gasteiger partial charge in [0.1, 0.15) is 0 Å². The first-order valence-corrected chi connectivity index (χ1v) is 11.0. The summed E-state index contributed by atoms with van der Waals surface area (Å²) >= 11 is 0. The Morgan fingerprint density at radius 1 is 1.03 bits per heavy atom. The third-order valence-corrected chi connectivity index (χ3v) is 6.26. The second kappa shape index (κ2) is 8.02. The molecule has 31 heavy (non-hydrogen) atoms. The van der Waals surface area contributed by atoms with Crippen molar-refractivity contribution in [1.82, 2.24) is 15.1 Å². The van der Waals surface area contributed by atoms with Gasteiger partial charge in [-0.3, -0.25) is 9.59 Å². The molecule has 1 fully saturated rings. The molecular formula is C25H26N4O2. The van der Waals surface area contributed by atoms with Crippen LogP contribution in [0.1, 0.15) is 52.1 Å². The Kier molecular flexibility index (Phi) is 5.06. The highest BCUT2D eigenvalue weighted by Gasteiger charge is 2.27. The molecule has 0 unspecified atom stereocenters. The second-order valence-electron chi connectivity index (χ2n) is 8.32. The van der Waals surface area contributed by atoms with Gasteiger partial charge < -0.3 is 10.2 Å². The molecule has 2 heterocycles. The normalized spacial score (nSPS) is 15.4. The predicted octanol–water partition coefficient (Wildman–Crippen LogP) is 3.73. The fourth-order valence-electron chi connectivity index (χ4n) is 4.60. The highest BCUT2D eigenvalue weighted by Crippen LogP contribution is 2.29. The van der Waals surface area contributed by atoms with Gasteiger partial charge in [0.15, 0.2) is 5.69 Å². The van der Waals surface area contributed by atoms with E-state index in [1.165, 1.54) is 0 Å². The summed E-state index contributed by atoms with van der Waals surface area (Å²) in [4.78, 5) is 26.7. The smallest absolute Gasteiger partial charge is 0.272 e. The van der Waals surface area contributed by atoms with Crippen LogP contribution in [0.3, 0.4) is 0 Å². The highest BCUT2D eigenvalue weighted by molar-refractivity contribution is 5.95. The lowest BCUT2D eigenvalue weighted by Crippen LogP contribution is -2.25. The van der Waals surface area contributed by atoms with Gasteiger partial charge >= 0.3 is 0 Å². The Labute approximate surface area is 181 Å². The molecule has 1 aliphatic carbocycles. The number of carbonyl (C=O) groups is 2. The predicted molar refractivity (Wildman–Crippen MR) is 120 cm³/mol. The zero-order chi connectivity index (χ0) is 21.4. The Morgan fingerprint density at radius 3 is 2.58 bits per heavy atom. The van der Waals surface area contributed by atoms with E-state index in [1.807, 2.05) is 46.0 Å². The zero-order valence-electron chi connectivity index (χ0n) is 17.7. The molecule has 1 saturated heterocycles. The molecule has 0 saturated carbocycles. The van der Waals surface area contributed by atoms with Crippen LogP contribution in [0.5, 0.6) is 0 Å². The van der Waals surface area contributed by atoms with E-state index in [4.69, 9.17) is 5.10 Å². The molecule has 1 N–H and O–H groups in total. The topological polar surface area (TPSA) is 67.2 Å². The van der Waals surface area contributed by atoms with E-state index in [1.54, 1.807) is 0 Å². The van der Waals surface area contributed by atoms with Gasteiger partial charge in [0, 0.05) is 36.5 Å². The maximum absolute atomic E-state index is 13.0. The summed E-state index contributed by atoms with van der Waals surface area (Å²) in [6.45, 7) is 3.28. The summed E-state index contributed by atoms with van der Waals surface area (Å²) in [6.07, 6.45) is 4.42. The molecule has 1 aromatic heterocycles. The number of hydrogen-bond donors (Lipinski definition) is 1. The molecule has 6 nitrogen and oxygen atoms in total. The molecule has 0 atom stereocenters. The summed E-state index contributed by atoms with van der Waals surface area (Å²) in [5.41, 5.74) is 6.86. The minimum absolute atomic E-state index is 0.135. The minimum atomic E-state index is -0.135. The van der Waals surface area contributed by atoms with Crippen molar-refractivity contribution in [3.63, 3.8) is 0 Å². The SMILES string of the molecule is Cc1ccccc1-n1nc(C(=O)NCc2ccc(N3CCCC3=O)cc2)c2c1CCC2. The number of carbonyl (C=O) groups excluding carboxylic acids is 2. The van der Waals surface area contributed by atoms with Gasteiger partial charge in [-0.05, 0) is 61.9 Å². The highest BCUT2D eigenvalue weighted by atomic mass is 16.2. The lowest BCUT2D eigenvalue weighted by molar-refractivity contribution is -0.117.